The van der Waals surface area contributed by atoms with Crippen molar-refractivity contribution in [1.82, 2.24) is 0 Å². The molecule has 0 saturated carbocycles. The van der Waals surface area contributed by atoms with Crippen molar-refractivity contribution in [3.8, 4) is 0 Å². The Balaban J connectivity index is 2.06. The van der Waals surface area contributed by atoms with Crippen molar-refractivity contribution in [3.05, 3.63) is 89.5 Å². The van der Waals surface area contributed by atoms with Crippen LogP contribution in [0.15, 0.2) is 72.8 Å². The van der Waals surface area contributed by atoms with E-state index in [2.05, 4.69) is 86.7 Å². The molecule has 0 N–H and O–H groups in total. The lowest BCUT2D eigenvalue weighted by Crippen LogP contribution is -2.19. The van der Waals surface area contributed by atoms with E-state index in [1.165, 1.54) is 33.0 Å². The second-order valence-electron chi connectivity index (χ2n) is 6.10. The molecule has 0 aromatic heterocycles. The van der Waals surface area contributed by atoms with Crippen molar-refractivity contribution < 1.29 is 0 Å². The molecule has 1 aliphatic rings. The van der Waals surface area contributed by atoms with Gasteiger partial charge in [0.2, 0.25) is 0 Å². The Morgan fingerprint density at radius 2 is 1.38 bits per heavy atom. The second-order valence-corrected chi connectivity index (χ2v) is 6.10. The van der Waals surface area contributed by atoms with Crippen molar-refractivity contribution >= 4 is 16.3 Å². The fourth-order valence-electron chi connectivity index (χ4n) is 3.77. The second kappa shape index (κ2) is 4.33. The number of benzene rings is 3. The molecule has 4 rings (SSSR count). The highest BCUT2D eigenvalue weighted by Gasteiger charge is 2.34. The van der Waals surface area contributed by atoms with Gasteiger partial charge in [-0.3, -0.25) is 0 Å². The van der Waals surface area contributed by atoms with Crippen LogP contribution in [0.25, 0.3) is 16.3 Å². The van der Waals surface area contributed by atoms with Gasteiger partial charge in [0.15, 0.2) is 0 Å². The molecular weight excluding hydrogens is 252 g/mol. The summed E-state index contributed by atoms with van der Waals surface area (Å²) in [5.41, 5.74) is 5.53. The summed E-state index contributed by atoms with van der Waals surface area (Å²) in [6.07, 6.45) is 2.42. The fourth-order valence-corrected chi connectivity index (χ4v) is 3.77. The number of hydrogen-bond acceptors (Lipinski definition) is 0. The summed E-state index contributed by atoms with van der Waals surface area (Å²) in [6.45, 7) is 4.55. The van der Waals surface area contributed by atoms with E-state index in [4.69, 9.17) is 0 Å². The van der Waals surface area contributed by atoms with Crippen LogP contribution in [0.1, 0.15) is 30.5 Å². The van der Waals surface area contributed by atoms with Crippen LogP contribution < -0.4 is 0 Å². The molecule has 0 radical (unpaired) electrons. The number of allylic oxidation sites excluding steroid dienone is 2. The van der Waals surface area contributed by atoms with E-state index in [9.17, 15) is 0 Å². The third-order valence-electron chi connectivity index (χ3n) is 4.77. The van der Waals surface area contributed by atoms with Gasteiger partial charge in [-0.25, -0.2) is 0 Å². The lowest BCUT2D eigenvalue weighted by molar-refractivity contribution is 0.746. The Morgan fingerprint density at radius 1 is 0.714 bits per heavy atom. The van der Waals surface area contributed by atoms with Crippen LogP contribution in [0.3, 0.4) is 0 Å². The molecule has 1 unspecified atom stereocenters. The molecule has 1 atom stereocenters. The molecule has 3 aromatic rings. The van der Waals surface area contributed by atoms with Gasteiger partial charge < -0.3 is 0 Å². The normalized spacial score (nSPS) is 20.4. The van der Waals surface area contributed by atoms with E-state index in [1.807, 2.05) is 0 Å². The Hall–Kier alpha value is -2.34. The predicted molar refractivity (Wildman–Crippen MR) is 90.5 cm³/mol. The van der Waals surface area contributed by atoms with Crippen LogP contribution in [-0.2, 0) is 5.41 Å². The van der Waals surface area contributed by atoms with Crippen LogP contribution in [0.5, 0.6) is 0 Å². The predicted octanol–water partition coefficient (Wildman–Crippen LogP) is 5.56. The van der Waals surface area contributed by atoms with E-state index in [-0.39, 0.29) is 5.41 Å². The van der Waals surface area contributed by atoms with Crippen LogP contribution in [0.4, 0.5) is 0 Å². The Morgan fingerprint density at radius 3 is 2.29 bits per heavy atom. The zero-order valence-electron chi connectivity index (χ0n) is 12.4. The standard InChI is InChI=1S/C21H18/c1-15-14-21(2,19-12-6-5-10-17(15)19)20-13-7-9-16-8-3-4-11-18(16)20/h3-14H,1-2H3. The summed E-state index contributed by atoms with van der Waals surface area (Å²) < 4.78 is 0. The van der Waals surface area contributed by atoms with Crippen LogP contribution >= 0.6 is 0 Å². The highest BCUT2D eigenvalue weighted by Crippen LogP contribution is 2.46. The molecular formula is C21H18. The van der Waals surface area contributed by atoms with Gasteiger partial charge in [-0.1, -0.05) is 72.8 Å². The SMILES string of the molecule is CC1=CC(C)(c2cccc3ccccc23)c2ccccc21. The van der Waals surface area contributed by atoms with Gasteiger partial charge in [0.05, 0.1) is 0 Å². The molecule has 102 valence electrons. The van der Waals surface area contributed by atoms with E-state index in [1.54, 1.807) is 0 Å². The molecule has 0 nitrogen and oxygen atoms in total. The molecule has 0 spiro atoms. The van der Waals surface area contributed by atoms with Gasteiger partial charge in [0.25, 0.3) is 0 Å². The molecule has 0 heterocycles. The maximum absolute atomic E-state index is 2.42. The third-order valence-corrected chi connectivity index (χ3v) is 4.77. The molecule has 3 aromatic carbocycles. The Kier molecular flexibility index (Phi) is 2.56. The quantitative estimate of drug-likeness (QED) is 0.543. The van der Waals surface area contributed by atoms with Crippen molar-refractivity contribution in [3.63, 3.8) is 0 Å². The minimum absolute atomic E-state index is 0.0401. The maximum atomic E-state index is 2.42. The summed E-state index contributed by atoms with van der Waals surface area (Å²) >= 11 is 0. The van der Waals surface area contributed by atoms with Gasteiger partial charge in [0.1, 0.15) is 0 Å². The van der Waals surface area contributed by atoms with Crippen molar-refractivity contribution in [2.24, 2.45) is 0 Å². The van der Waals surface area contributed by atoms with Gasteiger partial charge in [0, 0.05) is 5.41 Å². The molecule has 1 aliphatic carbocycles. The number of fused-ring (bicyclic) bond motifs is 2. The largest absolute Gasteiger partial charge is 0.0663 e. The first-order chi connectivity index (χ1) is 10.2. The first-order valence-corrected chi connectivity index (χ1v) is 7.48. The van der Waals surface area contributed by atoms with E-state index in [0.717, 1.165) is 0 Å². The van der Waals surface area contributed by atoms with Crippen molar-refractivity contribution in [2.75, 3.05) is 0 Å². The lowest BCUT2D eigenvalue weighted by Gasteiger charge is -2.26. The minimum Gasteiger partial charge on any atom is -0.0663 e. The lowest BCUT2D eigenvalue weighted by atomic mass is 9.76. The highest BCUT2D eigenvalue weighted by atomic mass is 14.4. The molecule has 21 heavy (non-hydrogen) atoms. The summed E-state index contributed by atoms with van der Waals surface area (Å²) in [4.78, 5) is 0. The smallest absolute Gasteiger partial charge is 0.0371 e. The van der Waals surface area contributed by atoms with Crippen molar-refractivity contribution in [2.45, 2.75) is 19.3 Å². The van der Waals surface area contributed by atoms with Gasteiger partial charge in [-0.15, -0.1) is 0 Å². The van der Waals surface area contributed by atoms with Gasteiger partial charge in [-0.2, -0.15) is 0 Å². The number of rotatable bonds is 1. The first-order valence-electron chi connectivity index (χ1n) is 7.48. The van der Waals surface area contributed by atoms with Crippen LogP contribution in [0.2, 0.25) is 0 Å². The zero-order chi connectivity index (χ0) is 14.4. The zero-order valence-corrected chi connectivity index (χ0v) is 12.4. The molecule has 0 bridgehead atoms. The molecule has 0 aliphatic heterocycles. The molecule has 0 saturated heterocycles. The number of hydrogen-bond donors (Lipinski definition) is 0. The maximum Gasteiger partial charge on any atom is 0.0371 e. The summed E-state index contributed by atoms with van der Waals surface area (Å²) in [6, 6.07) is 24.1. The van der Waals surface area contributed by atoms with Gasteiger partial charge >= 0.3 is 0 Å². The van der Waals surface area contributed by atoms with E-state index < -0.39 is 0 Å². The van der Waals surface area contributed by atoms with E-state index in [0.29, 0.717) is 0 Å². The summed E-state index contributed by atoms with van der Waals surface area (Å²) in [5, 5.41) is 2.66. The fraction of sp³-hybridized carbons (Fsp3) is 0.143. The first kappa shape index (κ1) is 12.4. The summed E-state index contributed by atoms with van der Waals surface area (Å²) in [7, 11) is 0. The monoisotopic (exact) mass is 270 g/mol. The highest BCUT2D eigenvalue weighted by molar-refractivity contribution is 5.90. The topological polar surface area (TPSA) is 0 Å². The van der Waals surface area contributed by atoms with E-state index >= 15 is 0 Å². The average molecular weight is 270 g/mol. The van der Waals surface area contributed by atoms with Crippen LogP contribution in [0, 0.1) is 0 Å². The van der Waals surface area contributed by atoms with Crippen molar-refractivity contribution in [1.29, 1.82) is 0 Å². The molecule has 0 heteroatoms. The Bertz CT molecular complexity index is 865. The molecule has 0 amide bonds. The van der Waals surface area contributed by atoms with Crippen LogP contribution in [-0.4, -0.2) is 0 Å². The minimum atomic E-state index is -0.0401. The summed E-state index contributed by atoms with van der Waals surface area (Å²) in [5.74, 6) is 0. The average Bonchev–Trinajstić information content (AvgIpc) is 2.80. The van der Waals surface area contributed by atoms with Gasteiger partial charge in [-0.05, 0) is 46.9 Å². The molecule has 0 fully saturated rings. The third kappa shape index (κ3) is 1.69. The Labute approximate surface area is 125 Å².